The van der Waals surface area contributed by atoms with Gasteiger partial charge in [-0.3, -0.25) is 4.79 Å². The van der Waals surface area contributed by atoms with E-state index < -0.39 is 6.10 Å². The summed E-state index contributed by atoms with van der Waals surface area (Å²) in [7, 11) is 0. The van der Waals surface area contributed by atoms with E-state index in [1.807, 2.05) is 60.4 Å². The molecule has 1 aliphatic heterocycles. The number of para-hydroxylation sites is 2. The molecule has 2 aromatic rings. The van der Waals surface area contributed by atoms with Crippen LogP contribution in [0.15, 0.2) is 54.6 Å². The molecule has 0 fully saturated rings. The summed E-state index contributed by atoms with van der Waals surface area (Å²) >= 11 is 0. The van der Waals surface area contributed by atoms with E-state index in [2.05, 4.69) is 6.07 Å². The zero-order valence-corrected chi connectivity index (χ0v) is 12.9. The molecule has 0 N–H and O–H groups in total. The number of rotatable bonds is 4. The molecule has 1 amide bonds. The Morgan fingerprint density at radius 1 is 1.14 bits per heavy atom. The molecule has 0 aliphatic carbocycles. The molecule has 114 valence electrons. The molecule has 0 spiro atoms. The second-order valence-corrected chi connectivity index (χ2v) is 5.55. The Hall–Kier alpha value is -2.29. The Morgan fingerprint density at radius 3 is 2.64 bits per heavy atom. The van der Waals surface area contributed by atoms with Crippen LogP contribution < -0.4 is 9.64 Å². The fraction of sp³-hybridized carbons (Fsp3) is 0.316. The van der Waals surface area contributed by atoms with Gasteiger partial charge < -0.3 is 9.64 Å². The first-order valence-corrected chi connectivity index (χ1v) is 7.90. The predicted octanol–water partition coefficient (Wildman–Crippen LogP) is 3.82. The van der Waals surface area contributed by atoms with E-state index in [1.165, 1.54) is 5.56 Å². The smallest absolute Gasteiger partial charge is 0.268 e. The third-order valence-corrected chi connectivity index (χ3v) is 4.04. The summed E-state index contributed by atoms with van der Waals surface area (Å²) in [5.74, 6) is 0.798. The maximum absolute atomic E-state index is 12.9. The number of aryl methyl sites for hydroxylation is 1. The number of fused-ring (bicyclic) bond motifs is 1. The van der Waals surface area contributed by atoms with Crippen molar-refractivity contribution in [2.75, 3.05) is 11.4 Å². The normalized spacial score (nSPS) is 15.0. The number of benzene rings is 2. The van der Waals surface area contributed by atoms with Gasteiger partial charge in [-0.15, -0.1) is 0 Å². The zero-order chi connectivity index (χ0) is 15.4. The van der Waals surface area contributed by atoms with Crippen LogP contribution in [-0.2, 0) is 11.2 Å². The molecule has 3 heteroatoms. The largest absolute Gasteiger partial charge is 0.481 e. The number of anilines is 1. The van der Waals surface area contributed by atoms with E-state index in [-0.39, 0.29) is 5.91 Å². The Labute approximate surface area is 131 Å². The van der Waals surface area contributed by atoms with Gasteiger partial charge in [0.1, 0.15) is 5.75 Å². The Kier molecular flexibility index (Phi) is 4.42. The highest BCUT2D eigenvalue weighted by Crippen LogP contribution is 2.28. The highest BCUT2D eigenvalue weighted by Gasteiger charge is 2.28. The summed E-state index contributed by atoms with van der Waals surface area (Å²) in [6, 6.07) is 17.7. The summed E-state index contributed by atoms with van der Waals surface area (Å²) < 4.78 is 5.90. The number of hydrogen-bond acceptors (Lipinski definition) is 2. The van der Waals surface area contributed by atoms with Crippen LogP contribution >= 0.6 is 0 Å². The predicted molar refractivity (Wildman–Crippen MR) is 88.3 cm³/mol. The lowest BCUT2D eigenvalue weighted by molar-refractivity contribution is -0.125. The molecule has 0 radical (unpaired) electrons. The molecule has 22 heavy (non-hydrogen) atoms. The first kappa shape index (κ1) is 14.6. The minimum Gasteiger partial charge on any atom is -0.481 e. The molecule has 0 saturated heterocycles. The van der Waals surface area contributed by atoms with Gasteiger partial charge in [-0.05, 0) is 43.0 Å². The number of amides is 1. The Morgan fingerprint density at radius 2 is 1.86 bits per heavy atom. The summed E-state index contributed by atoms with van der Waals surface area (Å²) in [4.78, 5) is 14.8. The molecular weight excluding hydrogens is 274 g/mol. The minimum atomic E-state index is -0.437. The van der Waals surface area contributed by atoms with E-state index >= 15 is 0 Å². The molecular formula is C19H21NO2. The van der Waals surface area contributed by atoms with Crippen LogP contribution in [0.3, 0.4) is 0 Å². The van der Waals surface area contributed by atoms with Gasteiger partial charge in [-0.25, -0.2) is 0 Å². The van der Waals surface area contributed by atoms with Crippen molar-refractivity contribution in [3.63, 3.8) is 0 Å². The van der Waals surface area contributed by atoms with E-state index in [0.29, 0.717) is 6.42 Å². The zero-order valence-electron chi connectivity index (χ0n) is 12.9. The number of carbonyl (C=O) groups excluding carboxylic acids is 1. The maximum Gasteiger partial charge on any atom is 0.268 e. The van der Waals surface area contributed by atoms with Gasteiger partial charge in [0.25, 0.3) is 5.91 Å². The van der Waals surface area contributed by atoms with Crippen LogP contribution in [0.2, 0.25) is 0 Å². The van der Waals surface area contributed by atoms with Gasteiger partial charge in [0, 0.05) is 12.2 Å². The van der Waals surface area contributed by atoms with Crippen LogP contribution in [0.5, 0.6) is 5.75 Å². The number of carbonyl (C=O) groups is 1. The van der Waals surface area contributed by atoms with Crippen molar-refractivity contribution in [1.29, 1.82) is 0 Å². The van der Waals surface area contributed by atoms with Gasteiger partial charge in [-0.2, -0.15) is 0 Å². The monoisotopic (exact) mass is 295 g/mol. The van der Waals surface area contributed by atoms with Gasteiger partial charge in [0.15, 0.2) is 6.10 Å². The fourth-order valence-corrected chi connectivity index (χ4v) is 2.91. The van der Waals surface area contributed by atoms with Crippen molar-refractivity contribution in [3.05, 3.63) is 60.2 Å². The lowest BCUT2D eigenvalue weighted by atomic mass is 10.0. The third-order valence-electron chi connectivity index (χ3n) is 4.04. The van der Waals surface area contributed by atoms with Crippen LogP contribution in [-0.4, -0.2) is 18.6 Å². The number of hydrogen-bond donors (Lipinski definition) is 0. The Bertz CT molecular complexity index is 639. The second-order valence-electron chi connectivity index (χ2n) is 5.55. The highest BCUT2D eigenvalue weighted by atomic mass is 16.5. The van der Waals surface area contributed by atoms with E-state index in [1.54, 1.807) is 0 Å². The Balaban J connectivity index is 1.80. The van der Waals surface area contributed by atoms with Crippen LogP contribution in [0.4, 0.5) is 5.69 Å². The van der Waals surface area contributed by atoms with Crippen LogP contribution in [0.1, 0.15) is 25.3 Å². The highest BCUT2D eigenvalue weighted by molar-refractivity contribution is 5.97. The van der Waals surface area contributed by atoms with Crippen molar-refractivity contribution < 1.29 is 9.53 Å². The first-order chi connectivity index (χ1) is 10.8. The van der Waals surface area contributed by atoms with Crippen molar-refractivity contribution in [2.24, 2.45) is 0 Å². The van der Waals surface area contributed by atoms with E-state index in [0.717, 1.165) is 30.8 Å². The summed E-state index contributed by atoms with van der Waals surface area (Å²) in [6.45, 7) is 2.76. The SMILES string of the molecule is CC[C@H](Oc1ccccc1)C(=O)N1CCCc2ccccc21. The number of ether oxygens (including phenoxy) is 1. The van der Waals surface area contributed by atoms with Crippen LogP contribution in [0, 0.1) is 0 Å². The molecule has 3 rings (SSSR count). The van der Waals surface area contributed by atoms with Gasteiger partial charge in [-0.1, -0.05) is 43.3 Å². The average Bonchev–Trinajstić information content (AvgIpc) is 2.59. The molecule has 0 bridgehead atoms. The minimum absolute atomic E-state index is 0.0542. The average molecular weight is 295 g/mol. The quantitative estimate of drug-likeness (QED) is 0.858. The molecule has 0 saturated carbocycles. The van der Waals surface area contributed by atoms with Gasteiger partial charge in [0.2, 0.25) is 0 Å². The number of nitrogens with zero attached hydrogens (tertiary/aromatic N) is 1. The summed E-state index contributed by atoms with van der Waals surface area (Å²) in [6.07, 6.45) is 2.27. The topological polar surface area (TPSA) is 29.5 Å². The van der Waals surface area contributed by atoms with Crippen molar-refractivity contribution in [1.82, 2.24) is 0 Å². The third kappa shape index (κ3) is 2.98. The van der Waals surface area contributed by atoms with E-state index in [9.17, 15) is 4.79 Å². The summed E-state index contributed by atoms with van der Waals surface area (Å²) in [5, 5.41) is 0. The molecule has 0 unspecified atom stereocenters. The molecule has 0 aromatic heterocycles. The van der Waals surface area contributed by atoms with Crippen molar-refractivity contribution in [2.45, 2.75) is 32.3 Å². The molecule has 1 heterocycles. The standard InChI is InChI=1S/C19H21NO2/c1-2-18(22-16-11-4-3-5-12-16)19(21)20-14-8-10-15-9-6-7-13-17(15)20/h3-7,9,11-13,18H,2,8,10,14H2,1H3/t18-/m0/s1. The summed E-state index contributed by atoms with van der Waals surface area (Å²) in [5.41, 5.74) is 2.28. The fourth-order valence-electron chi connectivity index (χ4n) is 2.91. The lowest BCUT2D eigenvalue weighted by Crippen LogP contribution is -2.44. The molecule has 2 aromatic carbocycles. The van der Waals surface area contributed by atoms with Crippen LogP contribution in [0.25, 0.3) is 0 Å². The lowest BCUT2D eigenvalue weighted by Gasteiger charge is -2.32. The second kappa shape index (κ2) is 6.65. The van der Waals surface area contributed by atoms with Crippen molar-refractivity contribution >= 4 is 11.6 Å². The first-order valence-electron chi connectivity index (χ1n) is 7.90. The maximum atomic E-state index is 12.9. The van der Waals surface area contributed by atoms with Gasteiger partial charge in [0.05, 0.1) is 0 Å². The van der Waals surface area contributed by atoms with Crippen molar-refractivity contribution in [3.8, 4) is 5.75 Å². The van der Waals surface area contributed by atoms with E-state index in [4.69, 9.17) is 4.74 Å². The molecule has 1 aliphatic rings. The molecule has 1 atom stereocenters. The molecule has 3 nitrogen and oxygen atoms in total. The van der Waals surface area contributed by atoms with Gasteiger partial charge >= 0.3 is 0 Å².